The van der Waals surface area contributed by atoms with E-state index in [-0.39, 0.29) is 5.97 Å². The van der Waals surface area contributed by atoms with Crippen molar-refractivity contribution in [3.05, 3.63) is 24.7 Å². The monoisotopic (exact) mass is 156 g/mol. The molecule has 0 amide bonds. The van der Waals surface area contributed by atoms with Gasteiger partial charge in [-0.1, -0.05) is 0 Å². The van der Waals surface area contributed by atoms with Crippen LogP contribution in [0, 0.1) is 0 Å². The summed E-state index contributed by atoms with van der Waals surface area (Å²) in [5, 5.41) is 0. The van der Waals surface area contributed by atoms with Crippen LogP contribution in [0.2, 0.25) is 0 Å². The van der Waals surface area contributed by atoms with E-state index in [2.05, 4.69) is 9.15 Å². The van der Waals surface area contributed by atoms with Gasteiger partial charge in [0.2, 0.25) is 0 Å². The summed E-state index contributed by atoms with van der Waals surface area (Å²) in [5.74, 6) is -0.211. The summed E-state index contributed by atoms with van der Waals surface area (Å²) in [6, 6.07) is 3.67. The number of hydrogen-bond acceptors (Lipinski definition) is 3. The number of carbonyl (C=O) groups excluding carboxylic acids is 1. The topological polar surface area (TPSA) is 39.4 Å². The Bertz CT molecular complexity index is 150. The minimum absolute atomic E-state index is 0.211. The van der Waals surface area contributed by atoms with Crippen LogP contribution in [0.3, 0.4) is 0 Å². The average molecular weight is 156 g/mol. The molecule has 0 aromatic carbocycles. The standard InChI is InChI=1S/C4H8O2.C4H4O/c1-3-6-4(2)5;1-2-4-5-3-1/h3H2,1-2H3;1-4H. The van der Waals surface area contributed by atoms with Gasteiger partial charge < -0.3 is 9.15 Å². The summed E-state index contributed by atoms with van der Waals surface area (Å²) in [6.45, 7) is 3.65. The Morgan fingerprint density at radius 2 is 2.00 bits per heavy atom. The molecule has 0 atom stereocenters. The van der Waals surface area contributed by atoms with Crippen molar-refractivity contribution in [2.24, 2.45) is 0 Å². The van der Waals surface area contributed by atoms with Gasteiger partial charge in [0.1, 0.15) is 0 Å². The lowest BCUT2D eigenvalue weighted by molar-refractivity contribution is -0.140. The van der Waals surface area contributed by atoms with Crippen LogP contribution in [-0.2, 0) is 9.53 Å². The van der Waals surface area contributed by atoms with Crippen molar-refractivity contribution in [1.29, 1.82) is 0 Å². The molecule has 0 saturated carbocycles. The van der Waals surface area contributed by atoms with E-state index < -0.39 is 0 Å². The van der Waals surface area contributed by atoms with Gasteiger partial charge in [-0.3, -0.25) is 4.79 Å². The second kappa shape index (κ2) is 6.86. The van der Waals surface area contributed by atoms with Crippen molar-refractivity contribution in [2.75, 3.05) is 6.61 Å². The molecule has 1 heterocycles. The highest BCUT2D eigenvalue weighted by atomic mass is 16.5. The van der Waals surface area contributed by atoms with Crippen LogP contribution in [0.1, 0.15) is 13.8 Å². The zero-order valence-corrected chi connectivity index (χ0v) is 6.74. The van der Waals surface area contributed by atoms with Crippen LogP contribution in [0.15, 0.2) is 29.1 Å². The van der Waals surface area contributed by atoms with E-state index in [1.165, 1.54) is 6.92 Å². The molecule has 0 N–H and O–H groups in total. The number of carbonyl (C=O) groups is 1. The van der Waals surface area contributed by atoms with E-state index in [1.807, 2.05) is 12.1 Å². The Balaban J connectivity index is 0.000000183. The summed E-state index contributed by atoms with van der Waals surface area (Å²) >= 11 is 0. The number of esters is 1. The molecule has 0 aliphatic carbocycles. The van der Waals surface area contributed by atoms with E-state index in [4.69, 9.17) is 0 Å². The fourth-order valence-corrected chi connectivity index (χ4v) is 0.430. The van der Waals surface area contributed by atoms with E-state index in [1.54, 1.807) is 19.5 Å². The third kappa shape index (κ3) is 8.75. The van der Waals surface area contributed by atoms with Gasteiger partial charge in [0.25, 0.3) is 0 Å². The highest BCUT2D eigenvalue weighted by molar-refractivity contribution is 5.65. The van der Waals surface area contributed by atoms with Gasteiger partial charge in [-0.05, 0) is 19.1 Å². The minimum Gasteiger partial charge on any atom is -0.473 e. The zero-order valence-electron chi connectivity index (χ0n) is 6.74. The number of rotatable bonds is 1. The van der Waals surface area contributed by atoms with Crippen LogP contribution in [0.4, 0.5) is 0 Å². The zero-order chi connectivity index (χ0) is 8.53. The molecule has 62 valence electrons. The lowest BCUT2D eigenvalue weighted by Gasteiger charge is -1.89. The first-order valence-electron chi connectivity index (χ1n) is 3.38. The molecule has 1 aromatic heterocycles. The second-order valence-corrected chi connectivity index (χ2v) is 1.72. The molecule has 0 spiro atoms. The molecule has 0 fully saturated rings. The van der Waals surface area contributed by atoms with Crippen LogP contribution in [-0.4, -0.2) is 12.6 Å². The predicted octanol–water partition coefficient (Wildman–Crippen LogP) is 1.85. The van der Waals surface area contributed by atoms with Crippen molar-refractivity contribution in [3.8, 4) is 0 Å². The van der Waals surface area contributed by atoms with Crippen molar-refractivity contribution in [1.82, 2.24) is 0 Å². The first-order chi connectivity index (χ1) is 5.27. The van der Waals surface area contributed by atoms with Crippen molar-refractivity contribution in [3.63, 3.8) is 0 Å². The molecule has 0 saturated heterocycles. The molecule has 0 bridgehead atoms. The Labute approximate surface area is 66.0 Å². The SMILES string of the molecule is CCOC(C)=O.c1ccoc1. The maximum atomic E-state index is 9.82. The van der Waals surface area contributed by atoms with Gasteiger partial charge in [0, 0.05) is 6.92 Å². The number of hydrogen-bond donors (Lipinski definition) is 0. The fraction of sp³-hybridized carbons (Fsp3) is 0.375. The maximum Gasteiger partial charge on any atom is 0.302 e. The minimum atomic E-state index is -0.211. The third-order valence-electron chi connectivity index (χ3n) is 0.773. The Morgan fingerprint density at radius 3 is 2.09 bits per heavy atom. The molecule has 11 heavy (non-hydrogen) atoms. The first kappa shape index (κ1) is 9.75. The lowest BCUT2D eigenvalue weighted by atomic mass is 10.7. The second-order valence-electron chi connectivity index (χ2n) is 1.72. The quantitative estimate of drug-likeness (QED) is 0.582. The molecule has 0 aliphatic heterocycles. The van der Waals surface area contributed by atoms with Gasteiger partial charge in [-0.15, -0.1) is 0 Å². The smallest absolute Gasteiger partial charge is 0.302 e. The molecule has 0 aliphatic rings. The molecular formula is C8H12O3. The third-order valence-corrected chi connectivity index (χ3v) is 0.773. The summed E-state index contributed by atoms with van der Waals surface area (Å²) < 4.78 is 8.99. The number of furan rings is 1. The van der Waals surface area contributed by atoms with E-state index in [0.717, 1.165) is 0 Å². The van der Waals surface area contributed by atoms with Crippen LogP contribution in [0.5, 0.6) is 0 Å². The Hall–Kier alpha value is -1.25. The van der Waals surface area contributed by atoms with Crippen molar-refractivity contribution < 1.29 is 13.9 Å². The van der Waals surface area contributed by atoms with Crippen molar-refractivity contribution >= 4 is 5.97 Å². The van der Waals surface area contributed by atoms with Gasteiger partial charge in [-0.25, -0.2) is 0 Å². The summed E-state index contributed by atoms with van der Waals surface area (Å²) in [4.78, 5) is 9.82. The van der Waals surface area contributed by atoms with Crippen LogP contribution < -0.4 is 0 Å². The molecule has 3 nitrogen and oxygen atoms in total. The highest BCUT2D eigenvalue weighted by Gasteiger charge is 1.81. The highest BCUT2D eigenvalue weighted by Crippen LogP contribution is 1.79. The van der Waals surface area contributed by atoms with E-state index >= 15 is 0 Å². The molecule has 1 aromatic rings. The Kier molecular flexibility index (Phi) is 6.08. The Morgan fingerprint density at radius 1 is 1.45 bits per heavy atom. The first-order valence-corrected chi connectivity index (χ1v) is 3.38. The molecule has 0 radical (unpaired) electrons. The lowest BCUT2D eigenvalue weighted by Crippen LogP contribution is -1.95. The fourth-order valence-electron chi connectivity index (χ4n) is 0.430. The van der Waals surface area contributed by atoms with Gasteiger partial charge in [0.05, 0.1) is 19.1 Å². The molecule has 0 unspecified atom stereocenters. The number of ether oxygens (including phenoxy) is 1. The van der Waals surface area contributed by atoms with Crippen LogP contribution >= 0.6 is 0 Å². The maximum absolute atomic E-state index is 9.82. The molecule has 1 rings (SSSR count). The largest absolute Gasteiger partial charge is 0.473 e. The van der Waals surface area contributed by atoms with E-state index in [0.29, 0.717) is 6.61 Å². The van der Waals surface area contributed by atoms with E-state index in [9.17, 15) is 4.79 Å². The van der Waals surface area contributed by atoms with Crippen molar-refractivity contribution in [2.45, 2.75) is 13.8 Å². The molecule has 3 heteroatoms. The normalized spacial score (nSPS) is 7.82. The summed E-state index contributed by atoms with van der Waals surface area (Å²) in [6.07, 6.45) is 3.25. The molecular weight excluding hydrogens is 144 g/mol. The average Bonchev–Trinajstić information content (AvgIpc) is 2.41. The summed E-state index contributed by atoms with van der Waals surface area (Å²) in [5.41, 5.74) is 0. The van der Waals surface area contributed by atoms with Crippen LogP contribution in [0.25, 0.3) is 0 Å². The van der Waals surface area contributed by atoms with Gasteiger partial charge in [0.15, 0.2) is 0 Å². The van der Waals surface area contributed by atoms with Gasteiger partial charge >= 0.3 is 5.97 Å². The predicted molar refractivity (Wildman–Crippen MR) is 41.0 cm³/mol. The summed E-state index contributed by atoms with van der Waals surface area (Å²) in [7, 11) is 0. The van der Waals surface area contributed by atoms with Gasteiger partial charge in [-0.2, -0.15) is 0 Å².